The minimum atomic E-state index is -1.21. The van der Waals surface area contributed by atoms with Gasteiger partial charge in [0.05, 0.1) is 11.5 Å². The molecule has 0 aliphatic carbocycles. The highest BCUT2D eigenvalue weighted by molar-refractivity contribution is 6.00. The maximum absolute atomic E-state index is 13.5. The molecule has 0 saturated heterocycles. The summed E-state index contributed by atoms with van der Waals surface area (Å²) in [4.78, 5) is 45.3. The molecule has 0 aromatic heterocycles. The van der Waals surface area contributed by atoms with Gasteiger partial charge in [0.1, 0.15) is 17.4 Å². The predicted octanol–water partition coefficient (Wildman–Crippen LogP) is 1.39. The van der Waals surface area contributed by atoms with Crippen molar-refractivity contribution >= 4 is 23.5 Å². The lowest BCUT2D eigenvalue weighted by molar-refractivity contribution is -0.385. The number of amides is 2. The van der Waals surface area contributed by atoms with Crippen molar-refractivity contribution in [1.29, 1.82) is 0 Å². The second kappa shape index (κ2) is 8.88. The standard InChI is InChI=1S/C16H20FN3O6/c1-8(2)4-12(16(23)24)19-13(21)7-18-15(22)11-6-10(17)5-9(3)14(11)20(25)26/h5-6,8,12H,4,7H2,1-3H3,(H,18,22)(H,19,21)(H,23,24)/t12-/m0/s1. The van der Waals surface area contributed by atoms with Gasteiger partial charge in [0.25, 0.3) is 11.6 Å². The minimum absolute atomic E-state index is 0.0175. The van der Waals surface area contributed by atoms with E-state index in [1.165, 1.54) is 6.92 Å². The van der Waals surface area contributed by atoms with Gasteiger partial charge in [-0.25, -0.2) is 9.18 Å². The smallest absolute Gasteiger partial charge is 0.326 e. The number of hydrogen-bond acceptors (Lipinski definition) is 5. The summed E-state index contributed by atoms with van der Waals surface area (Å²) in [7, 11) is 0. The number of halogens is 1. The molecule has 3 N–H and O–H groups in total. The molecule has 1 atom stereocenters. The van der Waals surface area contributed by atoms with Gasteiger partial charge in [-0.2, -0.15) is 0 Å². The van der Waals surface area contributed by atoms with Gasteiger partial charge < -0.3 is 15.7 Å². The van der Waals surface area contributed by atoms with Crippen LogP contribution in [0.5, 0.6) is 0 Å². The van der Waals surface area contributed by atoms with E-state index in [2.05, 4.69) is 10.6 Å². The Morgan fingerprint density at radius 3 is 2.42 bits per heavy atom. The van der Waals surface area contributed by atoms with Crippen LogP contribution in [0.15, 0.2) is 12.1 Å². The van der Waals surface area contributed by atoms with E-state index in [0.29, 0.717) is 6.07 Å². The summed E-state index contributed by atoms with van der Waals surface area (Å²) >= 11 is 0. The lowest BCUT2D eigenvalue weighted by Gasteiger charge is -2.16. The topological polar surface area (TPSA) is 139 Å². The maximum Gasteiger partial charge on any atom is 0.326 e. The van der Waals surface area contributed by atoms with E-state index in [0.717, 1.165) is 6.07 Å². The summed E-state index contributed by atoms with van der Waals surface area (Å²) in [5, 5.41) is 24.5. The van der Waals surface area contributed by atoms with Crippen molar-refractivity contribution in [2.24, 2.45) is 5.92 Å². The molecule has 1 rings (SSSR count). The first-order valence-electron chi connectivity index (χ1n) is 7.77. The molecule has 2 amide bonds. The van der Waals surface area contributed by atoms with Crippen LogP contribution >= 0.6 is 0 Å². The molecule has 0 fully saturated rings. The average molecular weight is 369 g/mol. The average Bonchev–Trinajstić information content (AvgIpc) is 2.50. The zero-order valence-corrected chi connectivity index (χ0v) is 14.5. The monoisotopic (exact) mass is 369 g/mol. The fourth-order valence-corrected chi connectivity index (χ4v) is 2.34. The number of aliphatic carboxylic acids is 1. The molecule has 0 bridgehead atoms. The molecule has 1 aromatic carbocycles. The molecule has 9 nitrogen and oxygen atoms in total. The van der Waals surface area contributed by atoms with Crippen LogP contribution in [-0.4, -0.2) is 40.4 Å². The highest BCUT2D eigenvalue weighted by atomic mass is 19.1. The van der Waals surface area contributed by atoms with Crippen LogP contribution in [0.2, 0.25) is 0 Å². The van der Waals surface area contributed by atoms with Gasteiger partial charge in [0.2, 0.25) is 5.91 Å². The highest BCUT2D eigenvalue weighted by Crippen LogP contribution is 2.24. The number of hydrogen-bond donors (Lipinski definition) is 3. The molecule has 26 heavy (non-hydrogen) atoms. The molecule has 142 valence electrons. The van der Waals surface area contributed by atoms with E-state index in [-0.39, 0.29) is 17.9 Å². The molecular formula is C16H20FN3O6. The summed E-state index contributed by atoms with van der Waals surface area (Å²) in [5.41, 5.74) is -1.11. The first kappa shape index (κ1) is 21.0. The van der Waals surface area contributed by atoms with Crippen LogP contribution < -0.4 is 10.6 Å². The quantitative estimate of drug-likeness (QED) is 0.467. The Hall–Kier alpha value is -3.04. The number of aryl methyl sites for hydroxylation is 1. The second-order valence-electron chi connectivity index (χ2n) is 6.15. The van der Waals surface area contributed by atoms with Crippen molar-refractivity contribution in [3.05, 3.63) is 39.2 Å². The predicted molar refractivity (Wildman–Crippen MR) is 89.1 cm³/mol. The van der Waals surface area contributed by atoms with Gasteiger partial charge in [0, 0.05) is 5.56 Å². The van der Waals surface area contributed by atoms with Gasteiger partial charge in [-0.3, -0.25) is 19.7 Å². The number of nitrogens with one attached hydrogen (secondary N) is 2. The van der Waals surface area contributed by atoms with Crippen LogP contribution in [0.4, 0.5) is 10.1 Å². The normalized spacial score (nSPS) is 11.7. The lowest BCUT2D eigenvalue weighted by atomic mass is 10.0. The molecule has 0 aliphatic heterocycles. The second-order valence-corrected chi connectivity index (χ2v) is 6.15. The third kappa shape index (κ3) is 5.80. The minimum Gasteiger partial charge on any atom is -0.480 e. The summed E-state index contributed by atoms with van der Waals surface area (Å²) < 4.78 is 13.5. The van der Waals surface area contributed by atoms with E-state index in [9.17, 15) is 28.9 Å². The van der Waals surface area contributed by atoms with Crippen molar-refractivity contribution in [3.8, 4) is 0 Å². The van der Waals surface area contributed by atoms with Crippen molar-refractivity contribution in [1.82, 2.24) is 10.6 Å². The van der Waals surface area contributed by atoms with Crippen LogP contribution in [0.25, 0.3) is 0 Å². The summed E-state index contributed by atoms with van der Waals surface area (Å²) in [6.45, 7) is 4.26. The fourth-order valence-electron chi connectivity index (χ4n) is 2.34. The SMILES string of the molecule is Cc1cc(F)cc(C(=O)NCC(=O)N[C@@H](CC(C)C)C(=O)O)c1[N+](=O)[O-]. The number of carboxylic acids is 1. The number of nitrogens with zero attached hydrogens (tertiary/aromatic N) is 1. The number of nitro benzene ring substituents is 1. The molecule has 0 unspecified atom stereocenters. The van der Waals surface area contributed by atoms with Crippen LogP contribution in [0.3, 0.4) is 0 Å². The third-order valence-corrected chi connectivity index (χ3v) is 3.44. The Morgan fingerprint density at radius 1 is 1.31 bits per heavy atom. The van der Waals surface area contributed by atoms with Gasteiger partial charge >= 0.3 is 5.97 Å². The first-order valence-corrected chi connectivity index (χ1v) is 7.77. The van der Waals surface area contributed by atoms with Crippen LogP contribution in [-0.2, 0) is 9.59 Å². The molecule has 0 spiro atoms. The fraction of sp³-hybridized carbons (Fsp3) is 0.438. The zero-order valence-electron chi connectivity index (χ0n) is 14.5. The molecule has 0 saturated carbocycles. The number of rotatable bonds is 8. The van der Waals surface area contributed by atoms with Gasteiger partial charge in [-0.05, 0) is 31.4 Å². The Bertz CT molecular complexity index is 735. The Balaban J connectivity index is 2.82. The molecule has 0 aliphatic rings. The van der Waals surface area contributed by atoms with Gasteiger partial charge in [-0.15, -0.1) is 0 Å². The van der Waals surface area contributed by atoms with E-state index in [4.69, 9.17) is 5.11 Å². The molecule has 10 heteroatoms. The highest BCUT2D eigenvalue weighted by Gasteiger charge is 2.25. The molecule has 0 radical (unpaired) electrons. The Labute approximate surface area is 148 Å². The molecule has 0 heterocycles. The Morgan fingerprint density at radius 2 is 1.92 bits per heavy atom. The van der Waals surface area contributed by atoms with Crippen molar-refractivity contribution in [2.75, 3.05) is 6.54 Å². The number of nitro groups is 1. The number of carboxylic acid groups (broad SMARTS) is 1. The van der Waals surface area contributed by atoms with E-state index in [1.54, 1.807) is 13.8 Å². The summed E-state index contributed by atoms with van der Waals surface area (Å²) in [5.74, 6) is -3.81. The molecular weight excluding hydrogens is 349 g/mol. The first-order chi connectivity index (χ1) is 12.0. The zero-order chi connectivity index (χ0) is 20.0. The third-order valence-electron chi connectivity index (χ3n) is 3.44. The van der Waals surface area contributed by atoms with E-state index in [1.807, 2.05) is 0 Å². The van der Waals surface area contributed by atoms with Crippen LogP contribution in [0.1, 0.15) is 36.2 Å². The summed E-state index contributed by atoms with van der Waals surface area (Å²) in [6, 6.07) is 0.507. The number of carbonyl (C=O) groups is 3. The van der Waals surface area contributed by atoms with Gasteiger partial charge in [0.15, 0.2) is 0 Å². The van der Waals surface area contributed by atoms with Gasteiger partial charge in [-0.1, -0.05) is 13.8 Å². The maximum atomic E-state index is 13.5. The summed E-state index contributed by atoms with van der Waals surface area (Å²) in [6.07, 6.45) is 0.198. The molecule has 1 aromatic rings. The Kier molecular flexibility index (Phi) is 7.17. The van der Waals surface area contributed by atoms with E-state index >= 15 is 0 Å². The van der Waals surface area contributed by atoms with Crippen molar-refractivity contribution < 1.29 is 28.8 Å². The number of carbonyl (C=O) groups excluding carboxylic acids is 2. The number of benzene rings is 1. The van der Waals surface area contributed by atoms with Crippen molar-refractivity contribution in [2.45, 2.75) is 33.2 Å². The van der Waals surface area contributed by atoms with E-state index < -0.39 is 52.4 Å². The van der Waals surface area contributed by atoms with Crippen LogP contribution in [0, 0.1) is 28.8 Å². The van der Waals surface area contributed by atoms with Crippen molar-refractivity contribution in [3.63, 3.8) is 0 Å². The largest absolute Gasteiger partial charge is 0.480 e. The lowest BCUT2D eigenvalue weighted by Crippen LogP contribution is -2.46.